The Bertz CT molecular complexity index is 1270. The summed E-state index contributed by atoms with van der Waals surface area (Å²) in [6.07, 6.45) is 2.25. The standard InChI is InChI=1S/C26H30ClFN4O4/c1-15-18(27)6-7-19(23(15)28)31-24-17-12-22(21(34-5)13-20(17)29-14-30-24)35-16-8-10-32(11-9-16)25(33)36-26(2,3)4/h6-7,12-14,16H,8-11H2,1-5H3,(H,29,30,31). The minimum absolute atomic E-state index is 0.118. The van der Waals surface area contributed by atoms with Crippen molar-refractivity contribution in [1.82, 2.24) is 14.9 Å². The molecular formula is C26H30ClFN4O4. The Balaban J connectivity index is 1.55. The molecule has 0 spiro atoms. The van der Waals surface area contributed by atoms with Crippen LogP contribution >= 0.6 is 11.6 Å². The van der Waals surface area contributed by atoms with Crippen LogP contribution in [0.25, 0.3) is 10.9 Å². The second-order valence-corrected chi connectivity index (χ2v) is 10.1. The molecule has 0 radical (unpaired) electrons. The van der Waals surface area contributed by atoms with Gasteiger partial charge < -0.3 is 24.4 Å². The number of benzene rings is 2. The molecule has 1 saturated heterocycles. The van der Waals surface area contributed by atoms with E-state index >= 15 is 0 Å². The molecule has 1 aromatic heterocycles. The van der Waals surface area contributed by atoms with Crippen molar-refractivity contribution in [1.29, 1.82) is 0 Å². The molecule has 0 bridgehead atoms. The SMILES string of the molecule is COc1cc2ncnc(Nc3ccc(Cl)c(C)c3F)c2cc1OC1CCN(C(=O)OC(C)(C)C)CC1. The smallest absolute Gasteiger partial charge is 0.410 e. The van der Waals surface area contributed by atoms with Crippen LogP contribution in [0.2, 0.25) is 5.02 Å². The van der Waals surface area contributed by atoms with E-state index in [4.69, 9.17) is 25.8 Å². The maximum Gasteiger partial charge on any atom is 0.410 e. The number of amides is 1. The van der Waals surface area contributed by atoms with Gasteiger partial charge in [-0.2, -0.15) is 0 Å². The zero-order valence-electron chi connectivity index (χ0n) is 21.0. The van der Waals surface area contributed by atoms with Crippen molar-refractivity contribution >= 4 is 40.1 Å². The molecule has 1 amide bonds. The third kappa shape index (κ3) is 5.73. The van der Waals surface area contributed by atoms with Crippen LogP contribution in [0.5, 0.6) is 11.5 Å². The van der Waals surface area contributed by atoms with Gasteiger partial charge in [0.2, 0.25) is 0 Å². The van der Waals surface area contributed by atoms with E-state index in [1.165, 1.54) is 6.33 Å². The minimum Gasteiger partial charge on any atom is -0.493 e. The van der Waals surface area contributed by atoms with Gasteiger partial charge in [-0.25, -0.2) is 19.2 Å². The van der Waals surface area contributed by atoms with E-state index in [0.717, 1.165) is 0 Å². The highest BCUT2D eigenvalue weighted by Gasteiger charge is 2.28. The number of fused-ring (bicyclic) bond motifs is 1. The number of nitrogens with one attached hydrogen (secondary N) is 1. The van der Waals surface area contributed by atoms with Crippen LogP contribution in [0.15, 0.2) is 30.6 Å². The van der Waals surface area contributed by atoms with E-state index < -0.39 is 11.4 Å². The predicted octanol–water partition coefficient (Wildman–Crippen LogP) is 6.26. The second kappa shape index (κ2) is 10.3. The summed E-state index contributed by atoms with van der Waals surface area (Å²) in [6, 6.07) is 6.75. The van der Waals surface area contributed by atoms with Gasteiger partial charge >= 0.3 is 6.09 Å². The van der Waals surface area contributed by atoms with Gasteiger partial charge in [-0.3, -0.25) is 0 Å². The Morgan fingerprint density at radius 1 is 1.17 bits per heavy atom. The van der Waals surface area contributed by atoms with Crippen molar-refractivity contribution in [3.8, 4) is 11.5 Å². The van der Waals surface area contributed by atoms with E-state index in [2.05, 4.69) is 15.3 Å². The van der Waals surface area contributed by atoms with Crippen LogP contribution in [0.3, 0.4) is 0 Å². The number of methoxy groups -OCH3 is 1. The highest BCUT2D eigenvalue weighted by molar-refractivity contribution is 6.31. The highest BCUT2D eigenvalue weighted by Crippen LogP contribution is 2.37. The fourth-order valence-corrected chi connectivity index (χ4v) is 4.11. The first-order valence-corrected chi connectivity index (χ1v) is 12.1. The number of hydrogen-bond donors (Lipinski definition) is 1. The first-order chi connectivity index (χ1) is 17.1. The van der Waals surface area contributed by atoms with Crippen LogP contribution in [-0.2, 0) is 4.74 Å². The van der Waals surface area contributed by atoms with E-state index in [1.54, 1.807) is 43.2 Å². The minimum atomic E-state index is -0.537. The highest BCUT2D eigenvalue weighted by atomic mass is 35.5. The molecule has 8 nitrogen and oxygen atoms in total. The summed E-state index contributed by atoms with van der Waals surface area (Å²) in [5, 5.41) is 4.04. The molecule has 2 heterocycles. The summed E-state index contributed by atoms with van der Waals surface area (Å²) in [5.41, 5.74) is 0.681. The van der Waals surface area contributed by atoms with Crippen LogP contribution in [-0.4, -0.2) is 52.9 Å². The van der Waals surface area contributed by atoms with Crippen LogP contribution < -0.4 is 14.8 Å². The molecule has 0 aliphatic carbocycles. The third-order valence-corrected chi connectivity index (χ3v) is 6.29. The Hall–Kier alpha value is -3.33. The lowest BCUT2D eigenvalue weighted by atomic mass is 10.1. The summed E-state index contributed by atoms with van der Waals surface area (Å²) in [5.74, 6) is 1.02. The van der Waals surface area contributed by atoms with Gasteiger partial charge in [-0.05, 0) is 45.9 Å². The number of aromatic nitrogens is 2. The number of carbonyl (C=O) groups is 1. The number of piperidine rings is 1. The average molecular weight is 517 g/mol. The molecule has 1 N–H and O–H groups in total. The fourth-order valence-electron chi connectivity index (χ4n) is 3.96. The quantitative estimate of drug-likeness (QED) is 0.428. The first-order valence-electron chi connectivity index (χ1n) is 11.7. The van der Waals surface area contributed by atoms with Crippen molar-refractivity contribution < 1.29 is 23.4 Å². The molecular weight excluding hydrogens is 487 g/mol. The second-order valence-electron chi connectivity index (χ2n) is 9.69. The zero-order chi connectivity index (χ0) is 26.0. The Morgan fingerprint density at radius 2 is 1.89 bits per heavy atom. The first kappa shape index (κ1) is 25.8. The zero-order valence-corrected chi connectivity index (χ0v) is 21.8. The largest absolute Gasteiger partial charge is 0.493 e. The van der Waals surface area contributed by atoms with Crippen LogP contribution in [0.1, 0.15) is 39.2 Å². The average Bonchev–Trinajstić information content (AvgIpc) is 2.83. The summed E-state index contributed by atoms with van der Waals surface area (Å²) in [6.45, 7) is 8.22. The van der Waals surface area contributed by atoms with Gasteiger partial charge in [0.05, 0.1) is 18.3 Å². The molecule has 0 atom stereocenters. The summed E-state index contributed by atoms with van der Waals surface area (Å²) < 4.78 is 32.1. The summed E-state index contributed by atoms with van der Waals surface area (Å²) in [7, 11) is 1.56. The number of carbonyl (C=O) groups excluding carboxylic acids is 1. The topological polar surface area (TPSA) is 85.8 Å². The summed E-state index contributed by atoms with van der Waals surface area (Å²) in [4.78, 5) is 22.7. The maximum atomic E-state index is 14.8. The molecule has 0 saturated carbocycles. The normalized spacial score (nSPS) is 14.6. The lowest BCUT2D eigenvalue weighted by Crippen LogP contribution is -2.44. The molecule has 1 fully saturated rings. The van der Waals surface area contributed by atoms with E-state index in [9.17, 15) is 9.18 Å². The van der Waals surface area contributed by atoms with Crippen molar-refractivity contribution in [2.24, 2.45) is 0 Å². The number of hydrogen-bond acceptors (Lipinski definition) is 7. The fraction of sp³-hybridized carbons (Fsp3) is 0.423. The molecule has 10 heteroatoms. The number of nitrogens with zero attached hydrogens (tertiary/aromatic N) is 3. The lowest BCUT2D eigenvalue weighted by molar-refractivity contribution is 0.0124. The molecule has 0 unspecified atom stereocenters. The van der Waals surface area contributed by atoms with E-state index in [1.807, 2.05) is 20.8 Å². The van der Waals surface area contributed by atoms with Gasteiger partial charge in [0.25, 0.3) is 0 Å². The third-order valence-electron chi connectivity index (χ3n) is 5.88. The van der Waals surface area contributed by atoms with Gasteiger partial charge in [-0.15, -0.1) is 0 Å². The van der Waals surface area contributed by atoms with Crippen molar-refractivity contribution in [2.75, 3.05) is 25.5 Å². The van der Waals surface area contributed by atoms with E-state index in [0.29, 0.717) is 64.7 Å². The molecule has 192 valence electrons. The monoisotopic (exact) mass is 516 g/mol. The number of rotatable bonds is 5. The van der Waals surface area contributed by atoms with Gasteiger partial charge in [-0.1, -0.05) is 11.6 Å². The van der Waals surface area contributed by atoms with Crippen molar-refractivity contribution in [3.05, 3.63) is 47.0 Å². The molecule has 3 aromatic rings. The molecule has 36 heavy (non-hydrogen) atoms. The van der Waals surface area contributed by atoms with Gasteiger partial charge in [0.1, 0.15) is 23.9 Å². The molecule has 4 rings (SSSR count). The number of halogens is 2. The Labute approximate surface area is 214 Å². The lowest BCUT2D eigenvalue weighted by Gasteiger charge is -2.33. The molecule has 2 aromatic carbocycles. The molecule has 1 aliphatic rings. The van der Waals surface area contributed by atoms with Crippen molar-refractivity contribution in [3.63, 3.8) is 0 Å². The Morgan fingerprint density at radius 3 is 2.56 bits per heavy atom. The van der Waals surface area contributed by atoms with Gasteiger partial charge in [0.15, 0.2) is 17.3 Å². The van der Waals surface area contributed by atoms with Crippen molar-refractivity contribution in [2.45, 2.75) is 52.2 Å². The number of ether oxygens (including phenoxy) is 3. The van der Waals surface area contributed by atoms with Crippen LogP contribution in [0, 0.1) is 12.7 Å². The molecule has 1 aliphatic heterocycles. The maximum absolute atomic E-state index is 14.8. The van der Waals surface area contributed by atoms with Crippen LogP contribution in [0.4, 0.5) is 20.7 Å². The number of likely N-dealkylation sites (tertiary alicyclic amines) is 1. The summed E-state index contributed by atoms with van der Waals surface area (Å²) >= 11 is 6.03. The number of anilines is 2. The Kier molecular flexibility index (Phi) is 7.40. The predicted molar refractivity (Wildman–Crippen MR) is 137 cm³/mol. The van der Waals surface area contributed by atoms with Gasteiger partial charge in [0, 0.05) is 48.0 Å². The van der Waals surface area contributed by atoms with E-state index in [-0.39, 0.29) is 17.9 Å².